The Labute approximate surface area is 136 Å². The van der Waals surface area contributed by atoms with Gasteiger partial charge in [0.05, 0.1) is 5.60 Å². The Morgan fingerprint density at radius 1 is 1.13 bits per heavy atom. The first-order valence-electron chi connectivity index (χ1n) is 7.78. The van der Waals surface area contributed by atoms with Gasteiger partial charge >= 0.3 is 11.8 Å². The molecule has 1 fully saturated rings. The zero-order valence-corrected chi connectivity index (χ0v) is 13.9. The van der Waals surface area contributed by atoms with Crippen LogP contribution in [0.3, 0.4) is 0 Å². The minimum absolute atomic E-state index is 0.0501. The number of aliphatic hydroxyl groups is 1. The first-order valence-corrected chi connectivity index (χ1v) is 7.78. The number of rotatable bonds is 3. The lowest BCUT2D eigenvalue weighted by Gasteiger charge is -2.31. The summed E-state index contributed by atoms with van der Waals surface area (Å²) in [5.74, 6) is -1.47. The van der Waals surface area contributed by atoms with E-state index in [2.05, 4.69) is 10.6 Å². The first kappa shape index (κ1) is 17.4. The molecular weight excluding hydrogens is 296 g/mol. The number of hydrogen-bond acceptors (Lipinski definition) is 4. The van der Waals surface area contributed by atoms with Crippen molar-refractivity contribution in [2.75, 3.05) is 25.1 Å². The fourth-order valence-electron chi connectivity index (χ4n) is 2.80. The second-order valence-electron chi connectivity index (χ2n) is 6.25. The van der Waals surface area contributed by atoms with Crippen molar-refractivity contribution in [2.24, 2.45) is 0 Å². The number of nitrogens with one attached hydrogen (secondary N) is 2. The summed E-state index contributed by atoms with van der Waals surface area (Å²) in [4.78, 5) is 24.0. The van der Waals surface area contributed by atoms with E-state index in [1.54, 1.807) is 0 Å². The van der Waals surface area contributed by atoms with Crippen molar-refractivity contribution in [2.45, 2.75) is 39.2 Å². The van der Waals surface area contributed by atoms with E-state index in [0.29, 0.717) is 31.7 Å². The summed E-state index contributed by atoms with van der Waals surface area (Å²) in [7, 11) is 0. The maximum atomic E-state index is 12.0. The van der Waals surface area contributed by atoms with Crippen LogP contribution in [-0.2, 0) is 14.3 Å². The quantitative estimate of drug-likeness (QED) is 0.731. The Morgan fingerprint density at radius 2 is 1.70 bits per heavy atom. The maximum absolute atomic E-state index is 12.0. The van der Waals surface area contributed by atoms with Gasteiger partial charge in [-0.05, 0) is 31.9 Å². The number of carbonyl (C=O) groups is 2. The molecule has 126 valence electrons. The molecule has 0 aliphatic carbocycles. The monoisotopic (exact) mass is 320 g/mol. The van der Waals surface area contributed by atoms with E-state index in [-0.39, 0.29) is 6.54 Å². The Morgan fingerprint density at radius 3 is 2.26 bits per heavy atom. The molecule has 2 amide bonds. The summed E-state index contributed by atoms with van der Waals surface area (Å²) < 4.78 is 5.18. The van der Waals surface area contributed by atoms with E-state index < -0.39 is 17.4 Å². The van der Waals surface area contributed by atoms with Crippen molar-refractivity contribution in [3.63, 3.8) is 0 Å². The van der Waals surface area contributed by atoms with Crippen LogP contribution in [0, 0.1) is 20.8 Å². The molecule has 1 aliphatic heterocycles. The molecule has 6 heteroatoms. The van der Waals surface area contributed by atoms with E-state index in [0.717, 1.165) is 16.7 Å². The summed E-state index contributed by atoms with van der Waals surface area (Å²) in [5.41, 5.74) is 2.58. The van der Waals surface area contributed by atoms with Crippen LogP contribution in [-0.4, -0.2) is 42.3 Å². The minimum atomic E-state index is -0.996. The average molecular weight is 320 g/mol. The van der Waals surface area contributed by atoms with Gasteiger partial charge in [0.15, 0.2) is 0 Å². The van der Waals surface area contributed by atoms with E-state index >= 15 is 0 Å². The van der Waals surface area contributed by atoms with Crippen LogP contribution in [0.5, 0.6) is 0 Å². The molecular formula is C17H24N2O4. The van der Waals surface area contributed by atoms with Gasteiger partial charge in [-0.3, -0.25) is 9.59 Å². The van der Waals surface area contributed by atoms with Crippen molar-refractivity contribution in [1.82, 2.24) is 5.32 Å². The van der Waals surface area contributed by atoms with Gasteiger partial charge < -0.3 is 20.5 Å². The first-order chi connectivity index (χ1) is 10.8. The van der Waals surface area contributed by atoms with E-state index in [4.69, 9.17) is 4.74 Å². The second kappa shape index (κ2) is 7.10. The maximum Gasteiger partial charge on any atom is 0.313 e. The van der Waals surface area contributed by atoms with Crippen molar-refractivity contribution >= 4 is 17.5 Å². The van der Waals surface area contributed by atoms with Gasteiger partial charge in [0.25, 0.3) is 0 Å². The van der Waals surface area contributed by atoms with Gasteiger partial charge in [-0.25, -0.2) is 0 Å². The summed E-state index contributed by atoms with van der Waals surface area (Å²) in [6, 6.07) is 3.90. The number of hydrogen-bond donors (Lipinski definition) is 3. The fourth-order valence-corrected chi connectivity index (χ4v) is 2.80. The number of aryl methyl sites for hydroxylation is 3. The molecule has 1 saturated heterocycles. The molecule has 0 saturated carbocycles. The summed E-state index contributed by atoms with van der Waals surface area (Å²) in [6.07, 6.45) is 0.899. The number of benzene rings is 1. The Bertz CT molecular complexity index is 584. The number of amides is 2. The smallest absolute Gasteiger partial charge is 0.313 e. The van der Waals surface area contributed by atoms with Crippen LogP contribution in [0.4, 0.5) is 5.69 Å². The molecule has 0 unspecified atom stereocenters. The highest BCUT2D eigenvalue weighted by molar-refractivity contribution is 6.39. The third-order valence-corrected chi connectivity index (χ3v) is 4.12. The number of anilines is 1. The highest BCUT2D eigenvalue weighted by Gasteiger charge is 2.31. The van der Waals surface area contributed by atoms with Gasteiger partial charge in [0.1, 0.15) is 0 Å². The van der Waals surface area contributed by atoms with Crippen molar-refractivity contribution in [1.29, 1.82) is 0 Å². The molecule has 2 rings (SSSR count). The molecule has 0 aromatic heterocycles. The van der Waals surface area contributed by atoms with E-state index in [1.807, 2.05) is 32.9 Å². The molecule has 6 nitrogen and oxygen atoms in total. The number of ether oxygens (including phenoxy) is 1. The molecule has 0 atom stereocenters. The molecule has 23 heavy (non-hydrogen) atoms. The largest absolute Gasteiger partial charge is 0.388 e. The molecule has 3 N–H and O–H groups in total. The van der Waals surface area contributed by atoms with Gasteiger partial charge in [-0.2, -0.15) is 0 Å². The highest BCUT2D eigenvalue weighted by atomic mass is 16.5. The predicted octanol–water partition coefficient (Wildman–Crippen LogP) is 1.21. The molecule has 1 aromatic carbocycles. The summed E-state index contributed by atoms with van der Waals surface area (Å²) in [5, 5.41) is 15.4. The summed E-state index contributed by atoms with van der Waals surface area (Å²) >= 11 is 0. The third-order valence-electron chi connectivity index (χ3n) is 4.12. The Hall–Kier alpha value is -1.92. The second-order valence-corrected chi connectivity index (χ2v) is 6.25. The van der Waals surface area contributed by atoms with E-state index in [1.165, 1.54) is 0 Å². The van der Waals surface area contributed by atoms with Crippen LogP contribution < -0.4 is 10.6 Å². The van der Waals surface area contributed by atoms with Crippen LogP contribution in [0.25, 0.3) is 0 Å². The van der Waals surface area contributed by atoms with Crippen molar-refractivity contribution in [3.05, 3.63) is 28.8 Å². The molecule has 0 radical (unpaired) electrons. The highest BCUT2D eigenvalue weighted by Crippen LogP contribution is 2.22. The Kier molecular flexibility index (Phi) is 5.38. The lowest BCUT2D eigenvalue weighted by atomic mass is 9.94. The molecule has 0 bridgehead atoms. The van der Waals surface area contributed by atoms with Crippen LogP contribution in [0.2, 0.25) is 0 Å². The van der Waals surface area contributed by atoms with Crippen LogP contribution in [0.1, 0.15) is 29.5 Å². The Balaban J connectivity index is 1.94. The van der Waals surface area contributed by atoms with Crippen LogP contribution in [0.15, 0.2) is 12.1 Å². The zero-order valence-electron chi connectivity index (χ0n) is 13.9. The van der Waals surface area contributed by atoms with Gasteiger partial charge in [-0.15, -0.1) is 0 Å². The van der Waals surface area contributed by atoms with Gasteiger partial charge in [0, 0.05) is 38.3 Å². The minimum Gasteiger partial charge on any atom is -0.388 e. The average Bonchev–Trinajstić information content (AvgIpc) is 2.49. The topological polar surface area (TPSA) is 87.7 Å². The standard InChI is InChI=1S/C17H24N2O4/c1-11-8-12(2)14(13(3)9-11)19-16(21)15(20)18-10-17(22)4-6-23-7-5-17/h8-9,22H,4-7,10H2,1-3H3,(H,18,20)(H,19,21). The van der Waals surface area contributed by atoms with Crippen LogP contribution >= 0.6 is 0 Å². The molecule has 1 heterocycles. The zero-order chi connectivity index (χ0) is 17.0. The third kappa shape index (κ3) is 4.53. The SMILES string of the molecule is Cc1cc(C)c(NC(=O)C(=O)NCC2(O)CCOCC2)c(C)c1. The lowest BCUT2D eigenvalue weighted by molar-refractivity contribution is -0.137. The number of carbonyl (C=O) groups excluding carboxylic acids is 2. The van der Waals surface area contributed by atoms with E-state index in [9.17, 15) is 14.7 Å². The van der Waals surface area contributed by atoms with Gasteiger partial charge in [-0.1, -0.05) is 17.7 Å². The van der Waals surface area contributed by atoms with Crippen molar-refractivity contribution < 1.29 is 19.4 Å². The molecule has 0 spiro atoms. The van der Waals surface area contributed by atoms with Crippen molar-refractivity contribution in [3.8, 4) is 0 Å². The molecule has 1 aromatic rings. The lowest BCUT2D eigenvalue weighted by Crippen LogP contribution is -2.48. The normalized spacial score (nSPS) is 16.7. The summed E-state index contributed by atoms with van der Waals surface area (Å²) in [6.45, 7) is 6.72. The molecule has 1 aliphatic rings. The van der Waals surface area contributed by atoms with Gasteiger partial charge in [0.2, 0.25) is 0 Å². The predicted molar refractivity (Wildman–Crippen MR) is 87.3 cm³/mol. The fraction of sp³-hybridized carbons (Fsp3) is 0.529.